The summed E-state index contributed by atoms with van der Waals surface area (Å²) in [6.07, 6.45) is 6.65. The minimum absolute atomic E-state index is 0.0762. The minimum Gasteiger partial charge on any atom is -0.309 e. The van der Waals surface area contributed by atoms with E-state index in [1.165, 1.54) is 6.33 Å². The SMILES string of the molecule is Cc1cc(NC(=O)Cn2nc(C)c(-c3cncnc3)c2C)n(-c2ccccn2)n1. The van der Waals surface area contributed by atoms with E-state index < -0.39 is 0 Å². The van der Waals surface area contributed by atoms with Gasteiger partial charge in [0, 0.05) is 41.5 Å². The fraction of sp³-hybridized carbons (Fsp3) is 0.200. The van der Waals surface area contributed by atoms with Crippen LogP contribution in [-0.4, -0.2) is 40.4 Å². The molecule has 0 saturated heterocycles. The first-order chi connectivity index (χ1) is 14.0. The van der Waals surface area contributed by atoms with Gasteiger partial charge in [0.15, 0.2) is 5.82 Å². The summed E-state index contributed by atoms with van der Waals surface area (Å²) in [5.41, 5.74) is 4.29. The van der Waals surface area contributed by atoms with Gasteiger partial charge in [0.25, 0.3) is 0 Å². The number of carbonyl (C=O) groups excluding carboxylic acids is 1. The molecule has 1 amide bonds. The third kappa shape index (κ3) is 3.75. The van der Waals surface area contributed by atoms with Crippen LogP contribution in [0.25, 0.3) is 16.9 Å². The van der Waals surface area contributed by atoms with E-state index >= 15 is 0 Å². The van der Waals surface area contributed by atoms with Crippen molar-refractivity contribution in [2.45, 2.75) is 27.3 Å². The molecule has 0 radical (unpaired) electrons. The lowest BCUT2D eigenvalue weighted by Crippen LogP contribution is -2.22. The van der Waals surface area contributed by atoms with Crippen LogP contribution in [0, 0.1) is 20.8 Å². The van der Waals surface area contributed by atoms with E-state index in [1.807, 2.05) is 39.0 Å². The topological polar surface area (TPSA) is 103 Å². The number of rotatable bonds is 5. The van der Waals surface area contributed by atoms with Crippen LogP contribution in [-0.2, 0) is 11.3 Å². The summed E-state index contributed by atoms with van der Waals surface area (Å²) in [6, 6.07) is 7.34. The highest BCUT2D eigenvalue weighted by atomic mass is 16.2. The Balaban J connectivity index is 1.56. The second-order valence-corrected chi connectivity index (χ2v) is 6.65. The summed E-state index contributed by atoms with van der Waals surface area (Å²) in [7, 11) is 0. The quantitative estimate of drug-likeness (QED) is 0.563. The molecule has 0 bridgehead atoms. The molecule has 4 heterocycles. The van der Waals surface area contributed by atoms with Crippen molar-refractivity contribution in [2.24, 2.45) is 0 Å². The Morgan fingerprint density at radius 3 is 2.62 bits per heavy atom. The second kappa shape index (κ2) is 7.63. The highest BCUT2D eigenvalue weighted by molar-refractivity contribution is 5.90. The highest BCUT2D eigenvalue weighted by Crippen LogP contribution is 2.25. The van der Waals surface area contributed by atoms with Gasteiger partial charge in [0.05, 0.1) is 11.4 Å². The molecule has 0 atom stereocenters. The molecule has 1 N–H and O–H groups in total. The molecule has 9 heteroatoms. The molecule has 0 spiro atoms. The van der Waals surface area contributed by atoms with Gasteiger partial charge in [0.1, 0.15) is 18.7 Å². The van der Waals surface area contributed by atoms with Gasteiger partial charge in [-0.15, -0.1) is 0 Å². The second-order valence-electron chi connectivity index (χ2n) is 6.65. The molecule has 29 heavy (non-hydrogen) atoms. The lowest BCUT2D eigenvalue weighted by atomic mass is 10.1. The van der Waals surface area contributed by atoms with E-state index in [4.69, 9.17) is 0 Å². The van der Waals surface area contributed by atoms with Crippen LogP contribution >= 0.6 is 0 Å². The molecule has 0 unspecified atom stereocenters. The largest absolute Gasteiger partial charge is 0.309 e. The maximum atomic E-state index is 12.7. The molecule has 0 aliphatic rings. The summed E-state index contributed by atoms with van der Waals surface area (Å²) in [4.78, 5) is 25.2. The first kappa shape index (κ1) is 18.5. The third-order valence-corrected chi connectivity index (χ3v) is 4.49. The molecule has 0 saturated carbocycles. The number of hydrogen-bond acceptors (Lipinski definition) is 6. The van der Waals surface area contributed by atoms with Crippen LogP contribution in [0.1, 0.15) is 17.1 Å². The average molecular weight is 388 g/mol. The Bertz CT molecular complexity index is 1150. The van der Waals surface area contributed by atoms with Crippen molar-refractivity contribution in [3.8, 4) is 16.9 Å². The number of aryl methyl sites for hydroxylation is 2. The molecular formula is C20H20N8O. The van der Waals surface area contributed by atoms with Gasteiger partial charge in [0.2, 0.25) is 5.91 Å². The number of nitrogens with one attached hydrogen (secondary N) is 1. The minimum atomic E-state index is -0.205. The molecule has 4 aromatic rings. The lowest BCUT2D eigenvalue weighted by Gasteiger charge is -2.09. The average Bonchev–Trinajstić information content (AvgIpc) is 3.21. The van der Waals surface area contributed by atoms with Crippen molar-refractivity contribution in [2.75, 3.05) is 5.32 Å². The smallest absolute Gasteiger partial charge is 0.247 e. The molecule has 4 rings (SSSR count). The van der Waals surface area contributed by atoms with Crippen molar-refractivity contribution in [1.82, 2.24) is 34.5 Å². The lowest BCUT2D eigenvalue weighted by molar-refractivity contribution is -0.117. The molecule has 0 aliphatic carbocycles. The summed E-state index contributed by atoms with van der Waals surface area (Å²) < 4.78 is 3.29. The predicted molar refractivity (Wildman–Crippen MR) is 107 cm³/mol. The van der Waals surface area contributed by atoms with Crippen molar-refractivity contribution >= 4 is 11.7 Å². The molecule has 9 nitrogen and oxygen atoms in total. The maximum absolute atomic E-state index is 12.7. The molecule has 0 aromatic carbocycles. The number of carbonyl (C=O) groups is 1. The zero-order chi connectivity index (χ0) is 20.4. The summed E-state index contributed by atoms with van der Waals surface area (Å²) in [5, 5.41) is 11.8. The fourth-order valence-corrected chi connectivity index (χ4v) is 3.26. The first-order valence-electron chi connectivity index (χ1n) is 9.10. The van der Waals surface area contributed by atoms with Crippen LogP contribution in [0.2, 0.25) is 0 Å². The summed E-state index contributed by atoms with van der Waals surface area (Å²) >= 11 is 0. The highest BCUT2D eigenvalue weighted by Gasteiger charge is 2.17. The van der Waals surface area contributed by atoms with Crippen molar-refractivity contribution in [3.63, 3.8) is 0 Å². The molecule has 4 aromatic heterocycles. The Hall–Kier alpha value is -3.88. The van der Waals surface area contributed by atoms with E-state index in [2.05, 4.69) is 30.5 Å². The van der Waals surface area contributed by atoms with E-state index in [0.29, 0.717) is 11.6 Å². The predicted octanol–water partition coefficient (Wildman–Crippen LogP) is 2.48. The van der Waals surface area contributed by atoms with Gasteiger partial charge in [-0.25, -0.2) is 15.0 Å². The molecule has 0 aliphatic heterocycles. The van der Waals surface area contributed by atoms with Gasteiger partial charge >= 0.3 is 0 Å². The number of anilines is 1. The van der Waals surface area contributed by atoms with Gasteiger partial charge in [-0.1, -0.05) is 6.07 Å². The molecule has 146 valence electrons. The third-order valence-electron chi connectivity index (χ3n) is 4.49. The van der Waals surface area contributed by atoms with Crippen molar-refractivity contribution in [1.29, 1.82) is 0 Å². The monoisotopic (exact) mass is 388 g/mol. The summed E-state index contributed by atoms with van der Waals surface area (Å²) in [5.74, 6) is 0.987. The number of nitrogens with zero attached hydrogens (tertiary/aromatic N) is 7. The standard InChI is InChI=1S/C20H20N8O/c1-13-8-18(28(25-13)17-6-4-5-7-23-17)24-19(29)11-27-15(3)20(14(2)26-27)16-9-21-12-22-10-16/h4-10,12H,11H2,1-3H3,(H,24,29). The van der Waals surface area contributed by atoms with Gasteiger partial charge in [-0.2, -0.15) is 14.9 Å². The fourth-order valence-electron chi connectivity index (χ4n) is 3.26. The zero-order valence-corrected chi connectivity index (χ0v) is 16.4. The van der Waals surface area contributed by atoms with Crippen LogP contribution in [0.15, 0.2) is 49.2 Å². The van der Waals surface area contributed by atoms with Crippen molar-refractivity contribution < 1.29 is 4.79 Å². The first-order valence-corrected chi connectivity index (χ1v) is 9.10. The van der Waals surface area contributed by atoms with Crippen LogP contribution < -0.4 is 5.32 Å². The van der Waals surface area contributed by atoms with E-state index in [0.717, 1.165) is 28.2 Å². The Morgan fingerprint density at radius 2 is 1.90 bits per heavy atom. The van der Waals surface area contributed by atoms with E-state index in [1.54, 1.807) is 34.0 Å². The number of amides is 1. The van der Waals surface area contributed by atoms with Crippen LogP contribution in [0.3, 0.4) is 0 Å². The van der Waals surface area contributed by atoms with Gasteiger partial charge in [-0.05, 0) is 32.9 Å². The molecular weight excluding hydrogens is 368 g/mol. The van der Waals surface area contributed by atoms with Crippen LogP contribution in [0.5, 0.6) is 0 Å². The number of hydrogen-bond donors (Lipinski definition) is 1. The maximum Gasteiger partial charge on any atom is 0.247 e. The van der Waals surface area contributed by atoms with Gasteiger partial charge < -0.3 is 5.32 Å². The Kier molecular flexibility index (Phi) is 4.86. The number of pyridine rings is 1. The van der Waals surface area contributed by atoms with Crippen LogP contribution in [0.4, 0.5) is 5.82 Å². The Morgan fingerprint density at radius 1 is 1.10 bits per heavy atom. The normalized spacial score (nSPS) is 10.9. The van der Waals surface area contributed by atoms with Gasteiger partial charge in [-0.3, -0.25) is 9.48 Å². The zero-order valence-electron chi connectivity index (χ0n) is 16.4. The van der Waals surface area contributed by atoms with E-state index in [9.17, 15) is 4.79 Å². The number of aromatic nitrogens is 7. The Labute approximate surface area is 167 Å². The van der Waals surface area contributed by atoms with E-state index in [-0.39, 0.29) is 12.5 Å². The van der Waals surface area contributed by atoms with Crippen molar-refractivity contribution in [3.05, 3.63) is 66.3 Å². The molecule has 0 fully saturated rings. The summed E-state index contributed by atoms with van der Waals surface area (Å²) in [6.45, 7) is 5.78.